The van der Waals surface area contributed by atoms with Crippen molar-refractivity contribution >= 4 is 0 Å². The van der Waals surface area contributed by atoms with E-state index in [4.69, 9.17) is 0 Å². The Morgan fingerprint density at radius 1 is 0.909 bits per heavy atom. The molecule has 2 rings (SSSR count). The molecule has 0 fully saturated rings. The molecule has 0 spiro atoms. The lowest BCUT2D eigenvalue weighted by atomic mass is 9.96. The smallest absolute Gasteiger partial charge is 0.0558 e. The lowest BCUT2D eigenvalue weighted by Gasteiger charge is -2.31. The second-order valence-electron chi connectivity index (χ2n) is 5.60. The van der Waals surface area contributed by atoms with Gasteiger partial charge in [0.05, 0.1) is 13.2 Å². The molecule has 0 saturated heterocycles. The first kappa shape index (κ1) is 16.7. The molecular weight excluding hydrogens is 274 g/mol. The van der Waals surface area contributed by atoms with Crippen molar-refractivity contribution in [1.82, 2.24) is 4.90 Å². The lowest BCUT2D eigenvalue weighted by Crippen LogP contribution is -2.35. The molecule has 1 atom stereocenters. The Hall–Kier alpha value is -1.68. The minimum atomic E-state index is 0.0944. The molecule has 0 amide bonds. The number of aryl methyl sites for hydroxylation is 1. The van der Waals surface area contributed by atoms with E-state index in [1.54, 1.807) is 0 Å². The maximum atomic E-state index is 9.35. The standard InChI is InChI=1S/C19H25NO2/c1-16-6-5-7-17(14-16)15-19(18-8-3-2-4-9-18)20(10-12-21)11-13-22/h2-9,14,19,21-22H,10-13,15H2,1H3. The van der Waals surface area contributed by atoms with Gasteiger partial charge in [-0.3, -0.25) is 4.90 Å². The van der Waals surface area contributed by atoms with Crippen LogP contribution in [-0.4, -0.2) is 41.4 Å². The Kier molecular flexibility index (Phi) is 6.59. The third-order valence-electron chi connectivity index (χ3n) is 3.91. The highest BCUT2D eigenvalue weighted by atomic mass is 16.3. The van der Waals surface area contributed by atoms with Crippen LogP contribution in [0.4, 0.5) is 0 Å². The zero-order valence-electron chi connectivity index (χ0n) is 13.2. The summed E-state index contributed by atoms with van der Waals surface area (Å²) >= 11 is 0. The van der Waals surface area contributed by atoms with Crippen molar-refractivity contribution in [1.29, 1.82) is 0 Å². The van der Waals surface area contributed by atoms with Gasteiger partial charge in [-0.25, -0.2) is 0 Å². The number of hydrogen-bond acceptors (Lipinski definition) is 3. The van der Waals surface area contributed by atoms with E-state index < -0.39 is 0 Å². The summed E-state index contributed by atoms with van der Waals surface area (Å²) in [6, 6.07) is 19.0. The minimum Gasteiger partial charge on any atom is -0.395 e. The quantitative estimate of drug-likeness (QED) is 0.787. The molecule has 22 heavy (non-hydrogen) atoms. The largest absolute Gasteiger partial charge is 0.395 e. The Labute approximate surface area is 132 Å². The summed E-state index contributed by atoms with van der Waals surface area (Å²) in [7, 11) is 0. The molecule has 0 aliphatic heterocycles. The van der Waals surface area contributed by atoms with Gasteiger partial charge in [0.15, 0.2) is 0 Å². The van der Waals surface area contributed by atoms with Gasteiger partial charge in [0.25, 0.3) is 0 Å². The summed E-state index contributed by atoms with van der Waals surface area (Å²) in [5.74, 6) is 0. The maximum absolute atomic E-state index is 9.35. The third kappa shape index (κ3) is 4.67. The van der Waals surface area contributed by atoms with Crippen molar-refractivity contribution in [2.75, 3.05) is 26.3 Å². The second kappa shape index (κ2) is 8.69. The number of aliphatic hydroxyl groups excluding tert-OH is 2. The number of rotatable bonds is 8. The van der Waals surface area contributed by atoms with Crippen molar-refractivity contribution in [3.05, 3.63) is 71.3 Å². The van der Waals surface area contributed by atoms with Gasteiger partial charge in [0.1, 0.15) is 0 Å². The van der Waals surface area contributed by atoms with Gasteiger partial charge in [-0.2, -0.15) is 0 Å². The zero-order chi connectivity index (χ0) is 15.8. The SMILES string of the molecule is Cc1cccc(CC(c2ccccc2)N(CCO)CCO)c1. The van der Waals surface area contributed by atoms with E-state index >= 15 is 0 Å². The molecule has 2 aromatic rings. The third-order valence-corrected chi connectivity index (χ3v) is 3.91. The minimum absolute atomic E-state index is 0.0944. The molecule has 3 heteroatoms. The first-order chi connectivity index (χ1) is 10.7. The number of hydrogen-bond donors (Lipinski definition) is 2. The fourth-order valence-electron chi connectivity index (χ4n) is 2.88. The van der Waals surface area contributed by atoms with Gasteiger partial charge >= 0.3 is 0 Å². The van der Waals surface area contributed by atoms with E-state index in [1.807, 2.05) is 18.2 Å². The first-order valence-electron chi connectivity index (χ1n) is 7.81. The Balaban J connectivity index is 2.28. The molecule has 0 aliphatic rings. The molecule has 0 aliphatic carbocycles. The highest BCUT2D eigenvalue weighted by molar-refractivity contribution is 5.26. The van der Waals surface area contributed by atoms with E-state index in [0.717, 1.165) is 6.42 Å². The fourth-order valence-corrected chi connectivity index (χ4v) is 2.88. The molecule has 0 saturated carbocycles. The van der Waals surface area contributed by atoms with Gasteiger partial charge in [-0.05, 0) is 24.5 Å². The average Bonchev–Trinajstić information content (AvgIpc) is 2.53. The summed E-state index contributed by atoms with van der Waals surface area (Å²) in [5.41, 5.74) is 3.74. The van der Waals surface area contributed by atoms with Crippen LogP contribution in [0.15, 0.2) is 54.6 Å². The van der Waals surface area contributed by atoms with E-state index in [1.165, 1.54) is 16.7 Å². The summed E-state index contributed by atoms with van der Waals surface area (Å²) in [6.07, 6.45) is 0.867. The van der Waals surface area contributed by atoms with Gasteiger partial charge in [-0.15, -0.1) is 0 Å². The molecule has 3 nitrogen and oxygen atoms in total. The molecule has 0 aromatic heterocycles. The average molecular weight is 299 g/mol. The van der Waals surface area contributed by atoms with E-state index in [-0.39, 0.29) is 19.3 Å². The Morgan fingerprint density at radius 2 is 1.59 bits per heavy atom. The molecule has 1 unspecified atom stereocenters. The van der Waals surface area contributed by atoms with Crippen LogP contribution in [0.2, 0.25) is 0 Å². The van der Waals surface area contributed by atoms with Crippen LogP contribution in [0.25, 0.3) is 0 Å². The van der Waals surface area contributed by atoms with Crippen molar-refractivity contribution in [2.45, 2.75) is 19.4 Å². The summed E-state index contributed by atoms with van der Waals surface area (Å²) in [4.78, 5) is 2.15. The molecule has 0 heterocycles. The normalized spacial score (nSPS) is 12.5. The zero-order valence-corrected chi connectivity index (χ0v) is 13.2. The van der Waals surface area contributed by atoms with Crippen molar-refractivity contribution in [3.63, 3.8) is 0 Å². The highest BCUT2D eigenvalue weighted by Crippen LogP contribution is 2.25. The first-order valence-corrected chi connectivity index (χ1v) is 7.81. The topological polar surface area (TPSA) is 43.7 Å². The molecule has 118 valence electrons. The summed E-state index contributed by atoms with van der Waals surface area (Å²) in [5, 5.41) is 18.7. The predicted octanol–water partition coefficient (Wildman–Crippen LogP) is 2.57. The van der Waals surface area contributed by atoms with Crippen molar-refractivity contribution < 1.29 is 10.2 Å². The molecule has 0 radical (unpaired) electrons. The van der Waals surface area contributed by atoms with Crippen LogP contribution in [0.5, 0.6) is 0 Å². The number of aliphatic hydroxyl groups is 2. The molecular formula is C19H25NO2. The lowest BCUT2D eigenvalue weighted by molar-refractivity contribution is 0.121. The van der Waals surface area contributed by atoms with Crippen LogP contribution in [-0.2, 0) is 6.42 Å². The molecule has 2 N–H and O–H groups in total. The second-order valence-corrected chi connectivity index (χ2v) is 5.60. The van der Waals surface area contributed by atoms with E-state index in [9.17, 15) is 10.2 Å². The number of benzene rings is 2. The van der Waals surface area contributed by atoms with Crippen molar-refractivity contribution in [2.24, 2.45) is 0 Å². The van der Waals surface area contributed by atoms with Crippen LogP contribution in [0.3, 0.4) is 0 Å². The molecule has 2 aromatic carbocycles. The van der Waals surface area contributed by atoms with Gasteiger partial charge in [0, 0.05) is 19.1 Å². The molecule has 0 bridgehead atoms. The predicted molar refractivity (Wildman–Crippen MR) is 89.8 cm³/mol. The van der Waals surface area contributed by atoms with Crippen LogP contribution in [0.1, 0.15) is 22.7 Å². The number of nitrogens with zero attached hydrogens (tertiary/aromatic N) is 1. The van der Waals surface area contributed by atoms with E-state index in [0.29, 0.717) is 13.1 Å². The van der Waals surface area contributed by atoms with Crippen molar-refractivity contribution in [3.8, 4) is 0 Å². The Bertz CT molecular complexity index is 550. The monoisotopic (exact) mass is 299 g/mol. The van der Waals surface area contributed by atoms with Crippen LogP contribution < -0.4 is 0 Å². The van der Waals surface area contributed by atoms with Gasteiger partial charge in [-0.1, -0.05) is 60.2 Å². The Morgan fingerprint density at radius 3 is 2.18 bits per heavy atom. The fraction of sp³-hybridized carbons (Fsp3) is 0.368. The summed E-state index contributed by atoms with van der Waals surface area (Å²) in [6.45, 7) is 3.41. The maximum Gasteiger partial charge on any atom is 0.0558 e. The summed E-state index contributed by atoms with van der Waals surface area (Å²) < 4.78 is 0. The van der Waals surface area contributed by atoms with Crippen LogP contribution >= 0.6 is 0 Å². The van der Waals surface area contributed by atoms with Gasteiger partial charge in [0.2, 0.25) is 0 Å². The van der Waals surface area contributed by atoms with E-state index in [2.05, 4.69) is 48.2 Å². The van der Waals surface area contributed by atoms with Gasteiger partial charge < -0.3 is 10.2 Å². The van der Waals surface area contributed by atoms with Crippen LogP contribution in [0, 0.1) is 6.92 Å². The highest BCUT2D eigenvalue weighted by Gasteiger charge is 2.20.